The molecule has 1 unspecified atom stereocenters. The summed E-state index contributed by atoms with van der Waals surface area (Å²) in [5, 5.41) is 0. The second-order valence-corrected chi connectivity index (χ2v) is 7.13. The fourth-order valence-electron chi connectivity index (χ4n) is 3.82. The first-order valence-electron chi connectivity index (χ1n) is 8.88. The van der Waals surface area contributed by atoms with Gasteiger partial charge in [-0.25, -0.2) is 0 Å². The lowest BCUT2D eigenvalue weighted by atomic mass is 9.74. The van der Waals surface area contributed by atoms with E-state index in [0.717, 1.165) is 51.6 Å². The van der Waals surface area contributed by atoms with Crippen LogP contribution >= 0.6 is 0 Å². The largest absolute Gasteiger partial charge is 0.381 e. The van der Waals surface area contributed by atoms with Crippen LogP contribution in [0.1, 0.15) is 38.2 Å². The van der Waals surface area contributed by atoms with Crippen LogP contribution in [-0.2, 0) is 10.2 Å². The Balaban J connectivity index is 1.75. The van der Waals surface area contributed by atoms with E-state index in [9.17, 15) is 0 Å². The Labute approximate surface area is 139 Å². The zero-order valence-corrected chi connectivity index (χ0v) is 14.2. The van der Waals surface area contributed by atoms with Crippen molar-refractivity contribution >= 4 is 5.96 Å². The van der Waals surface area contributed by atoms with E-state index in [4.69, 9.17) is 15.5 Å². The zero-order chi connectivity index (χ0) is 16.1. The molecule has 2 fully saturated rings. The maximum Gasteiger partial charge on any atom is 0.191 e. The van der Waals surface area contributed by atoms with Crippen LogP contribution in [0.25, 0.3) is 0 Å². The molecule has 2 heterocycles. The standard InChI is InChI=1S/C19H29N3O/c1-16-6-5-11-22(14-16)18(20)21-15-19(9-12-23-13-10-19)17-7-3-2-4-8-17/h2-4,7-8,16H,5-6,9-15H2,1H3,(H2,20,21). The van der Waals surface area contributed by atoms with E-state index in [0.29, 0.717) is 5.92 Å². The van der Waals surface area contributed by atoms with Crippen LogP contribution in [0.5, 0.6) is 0 Å². The highest BCUT2D eigenvalue weighted by Gasteiger charge is 2.34. The molecule has 4 nitrogen and oxygen atoms in total. The van der Waals surface area contributed by atoms with Crippen LogP contribution in [0.2, 0.25) is 0 Å². The highest BCUT2D eigenvalue weighted by Crippen LogP contribution is 2.35. The SMILES string of the molecule is CC1CCCN(C(N)=NCC2(c3ccccc3)CCOCC2)C1. The molecule has 1 aromatic carbocycles. The maximum absolute atomic E-state index is 6.31. The molecule has 2 saturated heterocycles. The van der Waals surface area contributed by atoms with Crippen LogP contribution in [0.3, 0.4) is 0 Å². The van der Waals surface area contributed by atoms with Gasteiger partial charge in [0.15, 0.2) is 5.96 Å². The summed E-state index contributed by atoms with van der Waals surface area (Å²) in [6, 6.07) is 10.8. The fraction of sp³-hybridized carbons (Fsp3) is 0.632. The van der Waals surface area contributed by atoms with Gasteiger partial charge in [-0.2, -0.15) is 0 Å². The number of aliphatic imine (C=N–C) groups is 1. The molecule has 2 N–H and O–H groups in total. The normalized spacial score (nSPS) is 25.3. The maximum atomic E-state index is 6.31. The molecule has 2 aliphatic heterocycles. The topological polar surface area (TPSA) is 50.8 Å². The average Bonchev–Trinajstić information content (AvgIpc) is 2.61. The predicted octanol–water partition coefficient (Wildman–Crippen LogP) is 2.78. The van der Waals surface area contributed by atoms with Crippen LogP contribution < -0.4 is 5.73 Å². The molecular weight excluding hydrogens is 286 g/mol. The van der Waals surface area contributed by atoms with Gasteiger partial charge in [-0.15, -0.1) is 0 Å². The van der Waals surface area contributed by atoms with Crippen molar-refractivity contribution in [2.24, 2.45) is 16.6 Å². The molecule has 0 amide bonds. The van der Waals surface area contributed by atoms with Crippen molar-refractivity contribution < 1.29 is 4.74 Å². The third-order valence-electron chi connectivity index (χ3n) is 5.36. The van der Waals surface area contributed by atoms with Crippen LogP contribution in [0, 0.1) is 5.92 Å². The van der Waals surface area contributed by atoms with Crippen molar-refractivity contribution in [1.82, 2.24) is 4.90 Å². The third-order valence-corrected chi connectivity index (χ3v) is 5.36. The Hall–Kier alpha value is -1.55. The number of likely N-dealkylation sites (tertiary alicyclic amines) is 1. The third kappa shape index (κ3) is 3.86. The second-order valence-electron chi connectivity index (χ2n) is 7.13. The fourth-order valence-corrected chi connectivity index (χ4v) is 3.82. The summed E-state index contributed by atoms with van der Waals surface area (Å²) in [7, 11) is 0. The molecule has 1 aromatic rings. The number of hydrogen-bond donors (Lipinski definition) is 1. The molecule has 4 heteroatoms. The van der Waals surface area contributed by atoms with Crippen LogP contribution in [-0.4, -0.2) is 43.7 Å². The number of hydrogen-bond acceptors (Lipinski definition) is 2. The van der Waals surface area contributed by atoms with Crippen molar-refractivity contribution in [2.75, 3.05) is 32.8 Å². The quantitative estimate of drug-likeness (QED) is 0.689. The minimum Gasteiger partial charge on any atom is -0.381 e. The first kappa shape index (κ1) is 16.3. The van der Waals surface area contributed by atoms with E-state index in [-0.39, 0.29) is 5.41 Å². The summed E-state index contributed by atoms with van der Waals surface area (Å²) in [4.78, 5) is 7.08. The highest BCUT2D eigenvalue weighted by molar-refractivity contribution is 5.78. The zero-order valence-electron chi connectivity index (χ0n) is 14.2. The smallest absolute Gasteiger partial charge is 0.191 e. The van der Waals surface area contributed by atoms with Gasteiger partial charge in [0.2, 0.25) is 0 Å². The lowest BCUT2D eigenvalue weighted by molar-refractivity contribution is 0.0530. The first-order chi connectivity index (χ1) is 11.2. The Morgan fingerprint density at radius 3 is 2.74 bits per heavy atom. The molecule has 0 aliphatic carbocycles. The number of rotatable bonds is 3. The van der Waals surface area contributed by atoms with Crippen LogP contribution in [0.4, 0.5) is 0 Å². The number of nitrogens with zero attached hydrogens (tertiary/aromatic N) is 2. The van der Waals surface area contributed by atoms with Crippen molar-refractivity contribution in [1.29, 1.82) is 0 Å². The van der Waals surface area contributed by atoms with E-state index in [1.165, 1.54) is 18.4 Å². The van der Waals surface area contributed by atoms with Crippen molar-refractivity contribution in [3.8, 4) is 0 Å². The number of nitrogens with two attached hydrogens (primary N) is 1. The predicted molar refractivity (Wildman–Crippen MR) is 94.6 cm³/mol. The summed E-state index contributed by atoms with van der Waals surface area (Å²) >= 11 is 0. The summed E-state index contributed by atoms with van der Waals surface area (Å²) in [6.07, 6.45) is 4.55. The molecule has 0 aromatic heterocycles. The molecule has 23 heavy (non-hydrogen) atoms. The first-order valence-corrected chi connectivity index (χ1v) is 8.88. The van der Waals surface area contributed by atoms with Gasteiger partial charge in [0.1, 0.15) is 0 Å². The summed E-state index contributed by atoms with van der Waals surface area (Å²) in [5.41, 5.74) is 7.75. The molecule has 0 radical (unpaired) electrons. The highest BCUT2D eigenvalue weighted by atomic mass is 16.5. The minimum atomic E-state index is 0.0749. The minimum absolute atomic E-state index is 0.0749. The summed E-state index contributed by atoms with van der Waals surface area (Å²) < 4.78 is 5.59. The van der Waals surface area contributed by atoms with Gasteiger partial charge in [-0.1, -0.05) is 37.3 Å². The van der Waals surface area contributed by atoms with Gasteiger partial charge in [-0.05, 0) is 37.2 Å². The van der Waals surface area contributed by atoms with Gasteiger partial charge in [0, 0.05) is 31.7 Å². The molecule has 0 saturated carbocycles. The second kappa shape index (κ2) is 7.35. The van der Waals surface area contributed by atoms with Crippen molar-refractivity contribution in [2.45, 2.75) is 38.0 Å². The number of ether oxygens (including phenoxy) is 1. The Morgan fingerprint density at radius 2 is 2.04 bits per heavy atom. The van der Waals surface area contributed by atoms with Crippen molar-refractivity contribution in [3.63, 3.8) is 0 Å². The number of benzene rings is 1. The molecular formula is C19H29N3O. The Bertz CT molecular complexity index is 523. The molecule has 0 spiro atoms. The van der Waals surface area contributed by atoms with Crippen molar-refractivity contribution in [3.05, 3.63) is 35.9 Å². The van der Waals surface area contributed by atoms with E-state index in [1.54, 1.807) is 0 Å². The Morgan fingerprint density at radius 1 is 1.30 bits per heavy atom. The van der Waals surface area contributed by atoms with E-state index in [2.05, 4.69) is 42.2 Å². The molecule has 2 aliphatic rings. The lowest BCUT2D eigenvalue weighted by Crippen LogP contribution is -2.45. The van der Waals surface area contributed by atoms with E-state index < -0.39 is 0 Å². The van der Waals surface area contributed by atoms with Gasteiger partial charge in [0.05, 0.1) is 6.54 Å². The number of piperidine rings is 1. The molecule has 0 bridgehead atoms. The average molecular weight is 315 g/mol. The molecule has 126 valence electrons. The van der Waals surface area contributed by atoms with Gasteiger partial charge < -0.3 is 15.4 Å². The molecule has 1 atom stereocenters. The van der Waals surface area contributed by atoms with Gasteiger partial charge in [-0.3, -0.25) is 4.99 Å². The van der Waals surface area contributed by atoms with Crippen LogP contribution in [0.15, 0.2) is 35.3 Å². The summed E-state index contributed by atoms with van der Waals surface area (Å²) in [5.74, 6) is 1.43. The molecule has 3 rings (SSSR count). The number of guanidine groups is 1. The summed E-state index contributed by atoms with van der Waals surface area (Å²) in [6.45, 7) is 6.76. The van der Waals surface area contributed by atoms with E-state index in [1.807, 2.05) is 0 Å². The lowest BCUT2D eigenvalue weighted by Gasteiger charge is -2.37. The Kier molecular flexibility index (Phi) is 5.21. The van der Waals surface area contributed by atoms with E-state index >= 15 is 0 Å². The monoisotopic (exact) mass is 315 g/mol. The van der Waals surface area contributed by atoms with Gasteiger partial charge in [0.25, 0.3) is 0 Å². The van der Waals surface area contributed by atoms with Gasteiger partial charge >= 0.3 is 0 Å².